The molecule has 2 N–H and O–H groups in total. The highest BCUT2D eigenvalue weighted by Gasteiger charge is 2.33. The fourth-order valence-electron chi connectivity index (χ4n) is 3.28. The lowest BCUT2D eigenvalue weighted by Crippen LogP contribution is -2.45. The number of carbonyl (C=O) groups is 1. The summed E-state index contributed by atoms with van der Waals surface area (Å²) in [7, 11) is -3.59. The van der Waals surface area contributed by atoms with E-state index < -0.39 is 10.0 Å². The molecule has 1 amide bonds. The number of amides is 1. The Morgan fingerprint density at radius 3 is 2.42 bits per heavy atom. The van der Waals surface area contributed by atoms with Gasteiger partial charge in [-0.15, -0.1) is 0 Å². The number of hydrogen-bond donors (Lipinski definition) is 2. The van der Waals surface area contributed by atoms with E-state index in [2.05, 4.69) is 14.9 Å². The third-order valence-corrected chi connectivity index (χ3v) is 6.38. The monoisotopic (exact) mass is 351 g/mol. The molecular weight excluding hydrogens is 326 g/mol. The number of hydrogen-bond acceptors (Lipinski definition) is 4. The minimum absolute atomic E-state index is 0.0196. The van der Waals surface area contributed by atoms with E-state index in [0.717, 1.165) is 32.0 Å². The maximum Gasteiger partial charge on any atom is 0.241 e. The molecule has 0 aromatic heterocycles. The summed E-state index contributed by atoms with van der Waals surface area (Å²) >= 11 is 0. The molecule has 1 heterocycles. The molecule has 0 atom stereocenters. The summed E-state index contributed by atoms with van der Waals surface area (Å²) in [4.78, 5) is 13.9. The van der Waals surface area contributed by atoms with E-state index in [1.54, 1.807) is 19.1 Å². The lowest BCUT2D eigenvalue weighted by molar-refractivity contribution is -0.114. The zero-order valence-electron chi connectivity index (χ0n) is 14.2. The molecule has 0 spiro atoms. The fourth-order valence-corrected chi connectivity index (χ4v) is 4.85. The van der Waals surface area contributed by atoms with Crippen LogP contribution in [0.4, 0.5) is 5.69 Å². The van der Waals surface area contributed by atoms with E-state index >= 15 is 0 Å². The molecule has 1 aromatic carbocycles. The lowest BCUT2D eigenvalue weighted by atomic mass is 10.1. The summed E-state index contributed by atoms with van der Waals surface area (Å²) in [6, 6.07) is 5.67. The van der Waals surface area contributed by atoms with Gasteiger partial charge in [-0.1, -0.05) is 6.07 Å². The van der Waals surface area contributed by atoms with Gasteiger partial charge in [-0.2, -0.15) is 0 Å². The molecule has 6 nitrogen and oxygen atoms in total. The Kier molecular flexibility index (Phi) is 4.94. The molecule has 2 aliphatic rings. The molecule has 132 valence electrons. The first kappa shape index (κ1) is 17.4. The van der Waals surface area contributed by atoms with Gasteiger partial charge in [-0.05, 0) is 63.4 Å². The number of anilines is 1. The van der Waals surface area contributed by atoms with Gasteiger partial charge in [0, 0.05) is 24.7 Å². The van der Waals surface area contributed by atoms with Crippen LogP contribution in [0.15, 0.2) is 23.1 Å². The molecule has 24 heavy (non-hydrogen) atoms. The third-order valence-electron chi connectivity index (χ3n) is 4.71. The number of piperidine rings is 1. The largest absolute Gasteiger partial charge is 0.326 e. The van der Waals surface area contributed by atoms with Crippen molar-refractivity contribution < 1.29 is 13.2 Å². The second-order valence-corrected chi connectivity index (χ2v) is 8.51. The molecule has 1 saturated carbocycles. The molecule has 2 fully saturated rings. The van der Waals surface area contributed by atoms with Gasteiger partial charge in [0.05, 0.1) is 4.90 Å². The maximum absolute atomic E-state index is 12.7. The Morgan fingerprint density at radius 1 is 1.17 bits per heavy atom. The predicted octanol–water partition coefficient (Wildman–Crippen LogP) is 1.86. The average molecular weight is 351 g/mol. The van der Waals surface area contributed by atoms with Crippen LogP contribution in [0.2, 0.25) is 0 Å². The van der Waals surface area contributed by atoms with Crippen LogP contribution in [0.1, 0.15) is 38.2 Å². The van der Waals surface area contributed by atoms with Crippen LogP contribution in [0.5, 0.6) is 0 Å². The highest BCUT2D eigenvalue weighted by Crippen LogP contribution is 2.29. The summed E-state index contributed by atoms with van der Waals surface area (Å²) in [5, 5.41) is 2.64. The molecule has 1 aliphatic carbocycles. The van der Waals surface area contributed by atoms with Crippen LogP contribution >= 0.6 is 0 Å². The van der Waals surface area contributed by atoms with E-state index in [-0.39, 0.29) is 16.8 Å². The molecular formula is C17H25N3O3S. The standard InChI is InChI=1S/C17H25N3O3S/c1-12-3-4-15(18-13(2)21)11-17(12)24(22,23)19-14-7-9-20(10-8-14)16-5-6-16/h3-4,11,14,16,19H,5-10H2,1-2H3,(H,18,21). The average Bonchev–Trinajstić information content (AvgIpc) is 3.34. The smallest absolute Gasteiger partial charge is 0.241 e. The van der Waals surface area contributed by atoms with E-state index in [0.29, 0.717) is 11.3 Å². The van der Waals surface area contributed by atoms with Crippen LogP contribution in [-0.4, -0.2) is 44.4 Å². The van der Waals surface area contributed by atoms with Crippen LogP contribution in [0, 0.1) is 6.92 Å². The Balaban J connectivity index is 1.69. The van der Waals surface area contributed by atoms with Crippen molar-refractivity contribution in [1.29, 1.82) is 0 Å². The number of aryl methyl sites for hydroxylation is 1. The van der Waals surface area contributed by atoms with E-state index in [4.69, 9.17) is 0 Å². The molecule has 0 bridgehead atoms. The van der Waals surface area contributed by atoms with Gasteiger partial charge in [-0.25, -0.2) is 13.1 Å². The molecule has 0 radical (unpaired) electrons. The fraction of sp³-hybridized carbons (Fsp3) is 0.588. The van der Waals surface area contributed by atoms with Crippen LogP contribution in [-0.2, 0) is 14.8 Å². The Morgan fingerprint density at radius 2 is 1.83 bits per heavy atom. The Bertz CT molecular complexity index is 721. The summed E-state index contributed by atoms with van der Waals surface area (Å²) < 4.78 is 28.3. The second-order valence-electron chi connectivity index (χ2n) is 6.82. The minimum atomic E-state index is -3.59. The maximum atomic E-state index is 12.7. The van der Waals surface area contributed by atoms with Crippen molar-refractivity contribution in [3.05, 3.63) is 23.8 Å². The van der Waals surface area contributed by atoms with Crippen molar-refractivity contribution in [1.82, 2.24) is 9.62 Å². The highest BCUT2D eigenvalue weighted by molar-refractivity contribution is 7.89. The van der Waals surface area contributed by atoms with E-state index in [9.17, 15) is 13.2 Å². The van der Waals surface area contributed by atoms with Gasteiger partial charge in [0.15, 0.2) is 0 Å². The van der Waals surface area contributed by atoms with Crippen molar-refractivity contribution >= 4 is 21.6 Å². The normalized spacial score (nSPS) is 20.1. The number of sulfonamides is 1. The van der Waals surface area contributed by atoms with Crippen molar-refractivity contribution in [2.75, 3.05) is 18.4 Å². The Labute approximate surface area is 143 Å². The number of nitrogens with zero attached hydrogens (tertiary/aromatic N) is 1. The summed E-state index contributed by atoms with van der Waals surface area (Å²) in [6.07, 6.45) is 4.26. The molecule has 1 aromatic rings. The SMILES string of the molecule is CC(=O)Nc1ccc(C)c(S(=O)(=O)NC2CCN(C3CC3)CC2)c1. The lowest BCUT2D eigenvalue weighted by Gasteiger charge is -2.32. The van der Waals surface area contributed by atoms with Crippen LogP contribution in [0.3, 0.4) is 0 Å². The predicted molar refractivity (Wildman–Crippen MR) is 93.4 cm³/mol. The third kappa shape index (κ3) is 4.15. The first-order valence-corrected chi connectivity index (χ1v) is 9.98. The van der Waals surface area contributed by atoms with Gasteiger partial charge in [-0.3, -0.25) is 4.79 Å². The number of rotatable bonds is 5. The first-order chi connectivity index (χ1) is 11.3. The van der Waals surface area contributed by atoms with Crippen molar-refractivity contribution in [3.63, 3.8) is 0 Å². The number of likely N-dealkylation sites (tertiary alicyclic amines) is 1. The van der Waals surface area contributed by atoms with Gasteiger partial charge in [0.1, 0.15) is 0 Å². The van der Waals surface area contributed by atoms with E-state index in [1.807, 2.05) is 0 Å². The quantitative estimate of drug-likeness (QED) is 0.849. The van der Waals surface area contributed by atoms with Crippen LogP contribution in [0.25, 0.3) is 0 Å². The number of carbonyl (C=O) groups excluding carboxylic acids is 1. The molecule has 0 unspecified atom stereocenters. The van der Waals surface area contributed by atoms with Gasteiger partial charge in [0.2, 0.25) is 15.9 Å². The zero-order valence-corrected chi connectivity index (χ0v) is 15.0. The minimum Gasteiger partial charge on any atom is -0.326 e. The van der Waals surface area contributed by atoms with Crippen molar-refractivity contribution in [2.24, 2.45) is 0 Å². The topological polar surface area (TPSA) is 78.5 Å². The molecule has 7 heteroatoms. The first-order valence-electron chi connectivity index (χ1n) is 8.50. The Hall–Kier alpha value is -1.44. The van der Waals surface area contributed by atoms with Gasteiger partial charge in [0.25, 0.3) is 0 Å². The number of nitrogens with one attached hydrogen (secondary N) is 2. The van der Waals surface area contributed by atoms with Crippen molar-refractivity contribution in [2.45, 2.75) is 56.5 Å². The zero-order chi connectivity index (χ0) is 17.3. The molecule has 3 rings (SSSR count). The van der Waals surface area contributed by atoms with Crippen molar-refractivity contribution in [3.8, 4) is 0 Å². The highest BCUT2D eigenvalue weighted by atomic mass is 32.2. The summed E-state index contributed by atoms with van der Waals surface area (Å²) in [6.45, 7) is 5.09. The van der Waals surface area contributed by atoms with Gasteiger partial charge < -0.3 is 10.2 Å². The summed E-state index contributed by atoms with van der Waals surface area (Å²) in [5.74, 6) is -0.220. The van der Waals surface area contributed by atoms with Gasteiger partial charge >= 0.3 is 0 Å². The second kappa shape index (κ2) is 6.82. The molecule has 1 saturated heterocycles. The summed E-state index contributed by atoms with van der Waals surface area (Å²) in [5.41, 5.74) is 1.17. The molecule has 1 aliphatic heterocycles. The van der Waals surface area contributed by atoms with Crippen LogP contribution < -0.4 is 10.0 Å². The van der Waals surface area contributed by atoms with E-state index in [1.165, 1.54) is 25.8 Å². The number of benzene rings is 1.